The van der Waals surface area contributed by atoms with Crippen LogP contribution in [0, 0.1) is 11.6 Å². The van der Waals surface area contributed by atoms with Gasteiger partial charge in [-0.2, -0.15) is 0 Å². The smallest absolute Gasteiger partial charge is 0.276 e. The average molecular weight is 367 g/mol. The summed E-state index contributed by atoms with van der Waals surface area (Å²) in [6.07, 6.45) is 3.30. The molecule has 1 fully saturated rings. The summed E-state index contributed by atoms with van der Waals surface area (Å²) >= 11 is 0. The Morgan fingerprint density at radius 3 is 2.80 bits per heavy atom. The summed E-state index contributed by atoms with van der Waals surface area (Å²) in [5.41, 5.74) is 0.00137. The maximum absolute atomic E-state index is 13.3. The zero-order chi connectivity index (χ0) is 17.8. The molecular formula is C16H15F2N3O3S. The second kappa shape index (κ2) is 5.63. The second-order valence-corrected chi connectivity index (χ2v) is 7.49. The predicted molar refractivity (Wildman–Crippen MR) is 86.7 cm³/mol. The van der Waals surface area contributed by atoms with Gasteiger partial charge >= 0.3 is 0 Å². The van der Waals surface area contributed by atoms with Crippen LogP contribution >= 0.6 is 0 Å². The highest BCUT2D eigenvalue weighted by Crippen LogP contribution is 2.41. The van der Waals surface area contributed by atoms with Gasteiger partial charge in [0.05, 0.1) is 5.54 Å². The summed E-state index contributed by atoms with van der Waals surface area (Å²) in [7, 11) is 0.143. The average Bonchev–Trinajstić information content (AvgIpc) is 3.25. The third kappa shape index (κ3) is 2.83. The molecule has 0 bridgehead atoms. The van der Waals surface area contributed by atoms with Gasteiger partial charge in [0.1, 0.15) is 22.5 Å². The van der Waals surface area contributed by atoms with Crippen molar-refractivity contribution in [2.75, 3.05) is 11.9 Å². The van der Waals surface area contributed by atoms with Gasteiger partial charge in [0, 0.05) is 25.0 Å². The van der Waals surface area contributed by atoms with Crippen molar-refractivity contribution in [3.05, 3.63) is 41.7 Å². The summed E-state index contributed by atoms with van der Waals surface area (Å²) < 4.78 is 49.1. The van der Waals surface area contributed by atoms with Crippen LogP contribution in [0.25, 0.3) is 0 Å². The third-order valence-corrected chi connectivity index (χ3v) is 5.66. The van der Waals surface area contributed by atoms with Crippen LogP contribution in [0.1, 0.15) is 23.3 Å². The minimum atomic E-state index is -1.48. The predicted octanol–water partition coefficient (Wildman–Crippen LogP) is 2.09. The molecule has 2 aromatic rings. The molecule has 1 aliphatic carbocycles. The highest BCUT2D eigenvalue weighted by atomic mass is 32.2. The minimum Gasteiger partial charge on any atom is -0.488 e. The molecule has 1 aromatic carbocycles. The van der Waals surface area contributed by atoms with E-state index in [1.807, 2.05) is 0 Å². The van der Waals surface area contributed by atoms with E-state index in [9.17, 15) is 17.8 Å². The molecule has 6 nitrogen and oxygen atoms in total. The first-order chi connectivity index (χ1) is 11.9. The standard InChI is InChI=1S/C16H15F2N3O3S/c1-21-7-12-14(24-8-16(4-5-16)20-25(12)23)13(21)15(22)19-9-2-3-10(17)11(18)6-9/h2-3,6-7,20H,4-5,8H2,1H3,(H,19,22). The molecule has 1 atom stereocenters. The van der Waals surface area contributed by atoms with Crippen molar-refractivity contribution < 1.29 is 22.5 Å². The van der Waals surface area contributed by atoms with Gasteiger partial charge in [-0.05, 0) is 25.0 Å². The number of nitrogens with zero attached hydrogens (tertiary/aromatic N) is 1. The Kier molecular flexibility index (Phi) is 3.66. The van der Waals surface area contributed by atoms with Crippen LogP contribution in [-0.2, 0) is 18.0 Å². The number of anilines is 1. The molecule has 1 saturated carbocycles. The summed E-state index contributed by atoms with van der Waals surface area (Å²) in [6, 6.07) is 3.09. The molecule has 9 heteroatoms. The van der Waals surface area contributed by atoms with Crippen LogP contribution in [0.2, 0.25) is 0 Å². The van der Waals surface area contributed by atoms with Crippen molar-refractivity contribution in [1.29, 1.82) is 0 Å². The SMILES string of the molecule is Cn1cc2c(c1C(=O)Nc1ccc(F)c(F)c1)OCC1(CC1)NS2=O. The van der Waals surface area contributed by atoms with E-state index in [0.29, 0.717) is 11.5 Å². The number of hydrogen-bond donors (Lipinski definition) is 2. The van der Waals surface area contributed by atoms with Gasteiger partial charge in [-0.15, -0.1) is 0 Å². The molecule has 1 aromatic heterocycles. The largest absolute Gasteiger partial charge is 0.488 e. The van der Waals surface area contributed by atoms with Crippen molar-refractivity contribution in [2.24, 2.45) is 7.05 Å². The summed E-state index contributed by atoms with van der Waals surface area (Å²) in [5.74, 6) is -2.36. The third-order valence-electron chi connectivity index (χ3n) is 4.35. The van der Waals surface area contributed by atoms with Gasteiger partial charge in [0.15, 0.2) is 23.1 Å². The first-order valence-corrected chi connectivity index (χ1v) is 8.82. The number of halogens is 2. The topological polar surface area (TPSA) is 72.4 Å². The molecule has 2 aliphatic rings. The summed E-state index contributed by atoms with van der Waals surface area (Å²) in [6.45, 7) is 0.321. The molecule has 25 heavy (non-hydrogen) atoms. The van der Waals surface area contributed by atoms with Crippen molar-refractivity contribution in [1.82, 2.24) is 9.29 Å². The highest BCUT2D eigenvalue weighted by molar-refractivity contribution is 7.83. The van der Waals surface area contributed by atoms with E-state index in [1.54, 1.807) is 13.2 Å². The number of ether oxygens (including phenoxy) is 1. The Hall–Kier alpha value is -2.26. The molecule has 1 unspecified atom stereocenters. The number of carbonyl (C=O) groups is 1. The number of aryl methyl sites for hydroxylation is 1. The fourth-order valence-electron chi connectivity index (χ4n) is 2.76. The zero-order valence-corrected chi connectivity index (χ0v) is 14.1. The molecule has 2 heterocycles. The lowest BCUT2D eigenvalue weighted by molar-refractivity contribution is 0.101. The number of nitrogens with one attached hydrogen (secondary N) is 2. The van der Waals surface area contributed by atoms with Gasteiger partial charge in [0.25, 0.3) is 5.91 Å². The van der Waals surface area contributed by atoms with E-state index in [-0.39, 0.29) is 22.7 Å². The summed E-state index contributed by atoms with van der Waals surface area (Å²) in [4.78, 5) is 13.0. The minimum absolute atomic E-state index is 0.116. The number of hydrogen-bond acceptors (Lipinski definition) is 3. The van der Waals surface area contributed by atoms with Crippen LogP contribution in [0.15, 0.2) is 29.3 Å². The number of fused-ring (bicyclic) bond motifs is 1. The lowest BCUT2D eigenvalue weighted by atomic mass is 10.2. The van der Waals surface area contributed by atoms with Crippen LogP contribution in [0.3, 0.4) is 0 Å². The van der Waals surface area contributed by atoms with Crippen LogP contribution in [-0.4, -0.2) is 26.8 Å². The Morgan fingerprint density at radius 1 is 1.36 bits per heavy atom. The second-order valence-electron chi connectivity index (χ2n) is 6.30. The number of carbonyl (C=O) groups excluding carboxylic acids is 1. The van der Waals surface area contributed by atoms with Gasteiger partial charge in [-0.25, -0.2) is 17.7 Å². The van der Waals surface area contributed by atoms with E-state index in [1.165, 1.54) is 10.6 Å². The van der Waals surface area contributed by atoms with Crippen molar-refractivity contribution in [3.63, 3.8) is 0 Å². The fourth-order valence-corrected chi connectivity index (χ4v) is 4.11. The monoisotopic (exact) mass is 367 g/mol. The van der Waals surface area contributed by atoms with Crippen LogP contribution in [0.4, 0.5) is 14.5 Å². The first kappa shape index (κ1) is 16.2. The lowest BCUT2D eigenvalue weighted by Gasteiger charge is -2.13. The van der Waals surface area contributed by atoms with E-state index >= 15 is 0 Å². The molecule has 1 aliphatic heterocycles. The van der Waals surface area contributed by atoms with Gasteiger partial charge in [0.2, 0.25) is 0 Å². The quantitative estimate of drug-likeness (QED) is 0.854. The van der Waals surface area contributed by atoms with E-state index in [2.05, 4.69) is 10.0 Å². The lowest BCUT2D eigenvalue weighted by Crippen LogP contribution is -2.36. The normalized spacial score (nSPS) is 20.5. The number of benzene rings is 1. The number of amides is 1. The Morgan fingerprint density at radius 2 is 2.12 bits per heavy atom. The van der Waals surface area contributed by atoms with Crippen molar-refractivity contribution in [2.45, 2.75) is 23.3 Å². The molecule has 1 amide bonds. The van der Waals surface area contributed by atoms with Crippen LogP contribution in [0.5, 0.6) is 5.75 Å². The highest BCUT2D eigenvalue weighted by Gasteiger charge is 2.48. The van der Waals surface area contributed by atoms with Gasteiger partial charge in [-0.3, -0.25) is 4.79 Å². The molecule has 4 rings (SSSR count). The Balaban J connectivity index is 1.65. The fraction of sp³-hybridized carbons (Fsp3) is 0.312. The van der Waals surface area contributed by atoms with E-state index in [4.69, 9.17) is 4.74 Å². The first-order valence-electron chi connectivity index (χ1n) is 7.67. The molecular weight excluding hydrogens is 352 g/mol. The van der Waals surface area contributed by atoms with E-state index < -0.39 is 28.5 Å². The Labute approximate surface area is 144 Å². The maximum atomic E-state index is 13.3. The van der Waals surface area contributed by atoms with Crippen molar-refractivity contribution in [3.8, 4) is 5.75 Å². The van der Waals surface area contributed by atoms with Gasteiger partial charge < -0.3 is 14.6 Å². The molecule has 0 saturated heterocycles. The summed E-state index contributed by atoms with van der Waals surface area (Å²) in [5, 5.41) is 2.51. The number of rotatable bonds is 2. The number of aromatic nitrogens is 1. The molecule has 0 radical (unpaired) electrons. The van der Waals surface area contributed by atoms with Crippen LogP contribution < -0.4 is 14.8 Å². The Bertz CT molecular complexity index is 908. The molecule has 2 N–H and O–H groups in total. The molecule has 1 spiro atoms. The van der Waals surface area contributed by atoms with Crippen molar-refractivity contribution >= 4 is 22.6 Å². The van der Waals surface area contributed by atoms with Gasteiger partial charge in [-0.1, -0.05) is 0 Å². The van der Waals surface area contributed by atoms with E-state index in [0.717, 1.165) is 25.0 Å². The molecule has 132 valence electrons. The maximum Gasteiger partial charge on any atom is 0.276 e. The zero-order valence-electron chi connectivity index (χ0n) is 13.3.